The van der Waals surface area contributed by atoms with Gasteiger partial charge in [0, 0.05) is 17.8 Å². The number of carbonyl (C=O) groups excluding carboxylic acids is 2. The molecular formula is C18H22N2O2. The van der Waals surface area contributed by atoms with Gasteiger partial charge in [0.05, 0.1) is 0 Å². The molecule has 1 saturated heterocycles. The maximum atomic E-state index is 12.7. The van der Waals surface area contributed by atoms with E-state index >= 15 is 0 Å². The summed E-state index contributed by atoms with van der Waals surface area (Å²) in [5.74, 6) is 0.425. The van der Waals surface area contributed by atoms with Gasteiger partial charge in [0.2, 0.25) is 5.91 Å². The SMILES string of the molecule is C=C1CCC(N2Cc3ccc(CC(C)C)cc3C2=O)C(=O)N1. The number of nitrogens with one attached hydrogen (secondary N) is 1. The minimum absolute atomic E-state index is 0.0201. The summed E-state index contributed by atoms with van der Waals surface area (Å²) in [5.41, 5.74) is 3.71. The molecular weight excluding hydrogens is 276 g/mol. The second-order valence-corrected chi connectivity index (χ2v) is 6.67. The lowest BCUT2D eigenvalue weighted by molar-refractivity contribution is -0.126. The molecule has 1 fully saturated rings. The van der Waals surface area contributed by atoms with E-state index in [9.17, 15) is 9.59 Å². The van der Waals surface area contributed by atoms with Crippen LogP contribution < -0.4 is 5.32 Å². The van der Waals surface area contributed by atoms with Crippen LogP contribution in [0.1, 0.15) is 48.2 Å². The second kappa shape index (κ2) is 5.59. The third kappa shape index (κ3) is 2.65. The number of benzene rings is 1. The lowest BCUT2D eigenvalue weighted by Crippen LogP contribution is -2.49. The Balaban J connectivity index is 1.82. The van der Waals surface area contributed by atoms with E-state index < -0.39 is 0 Å². The molecule has 1 unspecified atom stereocenters. The van der Waals surface area contributed by atoms with E-state index in [0.717, 1.165) is 29.7 Å². The Morgan fingerprint density at radius 2 is 2.14 bits per heavy atom. The van der Waals surface area contributed by atoms with E-state index in [1.54, 1.807) is 4.90 Å². The van der Waals surface area contributed by atoms with Crippen LogP contribution in [0.4, 0.5) is 0 Å². The van der Waals surface area contributed by atoms with Crippen LogP contribution in [-0.2, 0) is 17.8 Å². The summed E-state index contributed by atoms with van der Waals surface area (Å²) >= 11 is 0. The van der Waals surface area contributed by atoms with E-state index in [4.69, 9.17) is 0 Å². The highest BCUT2D eigenvalue weighted by Gasteiger charge is 2.38. The molecule has 4 nitrogen and oxygen atoms in total. The lowest BCUT2D eigenvalue weighted by atomic mass is 9.99. The molecule has 1 N–H and O–H groups in total. The third-order valence-corrected chi connectivity index (χ3v) is 4.35. The first-order chi connectivity index (χ1) is 10.5. The summed E-state index contributed by atoms with van der Waals surface area (Å²) in [7, 11) is 0. The van der Waals surface area contributed by atoms with Gasteiger partial charge in [-0.3, -0.25) is 9.59 Å². The fourth-order valence-electron chi connectivity index (χ4n) is 3.28. The predicted octanol–water partition coefficient (Wildman–Crippen LogP) is 2.63. The van der Waals surface area contributed by atoms with E-state index in [-0.39, 0.29) is 17.9 Å². The highest BCUT2D eigenvalue weighted by molar-refractivity contribution is 6.01. The predicted molar refractivity (Wildman–Crippen MR) is 85.2 cm³/mol. The zero-order valence-corrected chi connectivity index (χ0v) is 13.2. The topological polar surface area (TPSA) is 49.4 Å². The van der Waals surface area contributed by atoms with Crippen LogP contribution in [0.2, 0.25) is 0 Å². The Morgan fingerprint density at radius 3 is 2.82 bits per heavy atom. The normalized spacial score (nSPS) is 21.3. The summed E-state index contributed by atoms with van der Waals surface area (Å²) in [6, 6.07) is 5.75. The van der Waals surface area contributed by atoms with Gasteiger partial charge < -0.3 is 10.2 Å². The first-order valence-corrected chi connectivity index (χ1v) is 7.87. The molecule has 1 atom stereocenters. The molecule has 0 saturated carbocycles. The van der Waals surface area contributed by atoms with Crippen LogP contribution in [0, 0.1) is 5.92 Å². The molecule has 0 radical (unpaired) electrons. The minimum atomic E-state index is -0.376. The molecule has 22 heavy (non-hydrogen) atoms. The van der Waals surface area contributed by atoms with Crippen molar-refractivity contribution in [2.24, 2.45) is 5.92 Å². The molecule has 2 aliphatic rings. The van der Waals surface area contributed by atoms with Gasteiger partial charge in [-0.2, -0.15) is 0 Å². The van der Waals surface area contributed by atoms with Crippen LogP contribution in [-0.4, -0.2) is 22.8 Å². The molecule has 4 heteroatoms. The standard InChI is InChI=1S/C18H22N2O2/c1-11(2)8-13-5-6-14-10-20(18(22)15(14)9-13)16-7-4-12(3)19-17(16)21/h5-6,9,11,16H,3-4,7-8,10H2,1-2H3,(H,19,21). The van der Waals surface area contributed by atoms with Gasteiger partial charge in [-0.05, 0) is 42.4 Å². The Hall–Kier alpha value is -2.10. The van der Waals surface area contributed by atoms with Crippen LogP contribution in [0.5, 0.6) is 0 Å². The zero-order chi connectivity index (χ0) is 15.9. The maximum absolute atomic E-state index is 12.7. The molecule has 1 aromatic rings. The van der Waals surface area contributed by atoms with Gasteiger partial charge in [0.25, 0.3) is 5.91 Å². The van der Waals surface area contributed by atoms with Gasteiger partial charge in [-0.15, -0.1) is 0 Å². The molecule has 2 heterocycles. The number of nitrogens with zero attached hydrogens (tertiary/aromatic N) is 1. The number of hydrogen-bond acceptors (Lipinski definition) is 2. The van der Waals surface area contributed by atoms with Crippen molar-refractivity contribution in [2.75, 3.05) is 0 Å². The Kier molecular flexibility index (Phi) is 3.77. The van der Waals surface area contributed by atoms with Crippen LogP contribution in [0.3, 0.4) is 0 Å². The average Bonchev–Trinajstić information content (AvgIpc) is 2.75. The number of rotatable bonds is 3. The Labute approximate surface area is 131 Å². The Bertz CT molecular complexity index is 648. The number of amides is 2. The molecule has 0 aromatic heterocycles. The minimum Gasteiger partial charge on any atom is -0.329 e. The third-order valence-electron chi connectivity index (χ3n) is 4.35. The molecule has 2 aliphatic heterocycles. The number of hydrogen-bond donors (Lipinski definition) is 1. The van der Waals surface area contributed by atoms with Crippen molar-refractivity contribution < 1.29 is 9.59 Å². The highest BCUT2D eigenvalue weighted by Crippen LogP contribution is 2.29. The molecule has 1 aromatic carbocycles. The summed E-state index contributed by atoms with van der Waals surface area (Å²) < 4.78 is 0. The van der Waals surface area contributed by atoms with Gasteiger partial charge in [0.1, 0.15) is 6.04 Å². The summed E-state index contributed by atoms with van der Waals surface area (Å²) in [5, 5.41) is 2.76. The first-order valence-electron chi connectivity index (χ1n) is 7.87. The van der Waals surface area contributed by atoms with Crippen molar-refractivity contribution in [1.29, 1.82) is 0 Å². The van der Waals surface area contributed by atoms with Crippen molar-refractivity contribution in [3.05, 3.63) is 47.2 Å². The van der Waals surface area contributed by atoms with Crippen molar-refractivity contribution in [3.8, 4) is 0 Å². The van der Waals surface area contributed by atoms with Gasteiger partial charge >= 0.3 is 0 Å². The fourth-order valence-corrected chi connectivity index (χ4v) is 3.28. The molecule has 0 spiro atoms. The van der Waals surface area contributed by atoms with Crippen molar-refractivity contribution in [3.63, 3.8) is 0 Å². The van der Waals surface area contributed by atoms with Crippen LogP contribution in [0.25, 0.3) is 0 Å². The molecule has 3 rings (SSSR count). The molecule has 0 bridgehead atoms. The summed E-state index contributed by atoms with van der Waals surface area (Å²) in [6.07, 6.45) is 2.35. The van der Waals surface area contributed by atoms with Gasteiger partial charge in [-0.25, -0.2) is 0 Å². The van der Waals surface area contributed by atoms with E-state index in [2.05, 4.69) is 31.8 Å². The smallest absolute Gasteiger partial charge is 0.255 e. The Morgan fingerprint density at radius 1 is 1.36 bits per heavy atom. The maximum Gasteiger partial charge on any atom is 0.255 e. The van der Waals surface area contributed by atoms with Crippen molar-refractivity contribution in [2.45, 2.75) is 45.7 Å². The van der Waals surface area contributed by atoms with Crippen molar-refractivity contribution in [1.82, 2.24) is 10.2 Å². The van der Waals surface area contributed by atoms with Crippen molar-refractivity contribution >= 4 is 11.8 Å². The van der Waals surface area contributed by atoms with E-state index in [1.807, 2.05) is 12.1 Å². The van der Waals surface area contributed by atoms with Crippen LogP contribution >= 0.6 is 0 Å². The fraction of sp³-hybridized carbons (Fsp3) is 0.444. The zero-order valence-electron chi connectivity index (χ0n) is 13.2. The molecule has 116 valence electrons. The van der Waals surface area contributed by atoms with E-state index in [1.165, 1.54) is 5.56 Å². The first kappa shape index (κ1) is 14.8. The van der Waals surface area contributed by atoms with Gasteiger partial charge in [-0.1, -0.05) is 32.6 Å². The van der Waals surface area contributed by atoms with Crippen LogP contribution in [0.15, 0.2) is 30.5 Å². The lowest BCUT2D eigenvalue weighted by Gasteiger charge is -2.30. The quantitative estimate of drug-likeness (QED) is 0.932. The van der Waals surface area contributed by atoms with Gasteiger partial charge in [0.15, 0.2) is 0 Å². The average molecular weight is 298 g/mol. The number of fused-ring (bicyclic) bond motifs is 1. The largest absolute Gasteiger partial charge is 0.329 e. The summed E-state index contributed by atoms with van der Waals surface area (Å²) in [6.45, 7) is 8.65. The number of piperidine rings is 1. The highest BCUT2D eigenvalue weighted by atomic mass is 16.2. The van der Waals surface area contributed by atoms with E-state index in [0.29, 0.717) is 18.9 Å². The summed E-state index contributed by atoms with van der Waals surface area (Å²) in [4.78, 5) is 26.5. The molecule has 2 amide bonds. The number of allylic oxidation sites excluding steroid dienone is 1. The number of carbonyl (C=O) groups is 2. The second-order valence-electron chi connectivity index (χ2n) is 6.67. The monoisotopic (exact) mass is 298 g/mol. The molecule has 0 aliphatic carbocycles.